The van der Waals surface area contributed by atoms with Crippen LogP contribution in [0.25, 0.3) is 5.69 Å². The third-order valence-electron chi connectivity index (χ3n) is 3.84. The second-order valence-electron chi connectivity index (χ2n) is 5.79. The average Bonchev–Trinajstić information content (AvgIpc) is 3.09. The van der Waals surface area contributed by atoms with Gasteiger partial charge in [-0.1, -0.05) is 12.1 Å². The van der Waals surface area contributed by atoms with Crippen LogP contribution < -0.4 is 5.14 Å². The summed E-state index contributed by atoms with van der Waals surface area (Å²) in [6, 6.07) is 9.60. The average molecular weight is 334 g/mol. The fourth-order valence-corrected chi connectivity index (χ4v) is 3.72. The first kappa shape index (κ1) is 15.7. The van der Waals surface area contributed by atoms with E-state index in [1.54, 1.807) is 15.8 Å². The van der Waals surface area contributed by atoms with Crippen molar-refractivity contribution in [2.45, 2.75) is 13.0 Å². The van der Waals surface area contributed by atoms with E-state index in [0.717, 1.165) is 11.3 Å². The Morgan fingerprint density at radius 2 is 2.00 bits per heavy atom. The Morgan fingerprint density at radius 1 is 1.26 bits per heavy atom. The molecule has 1 aromatic heterocycles. The number of rotatable bonds is 5. The molecule has 2 aromatic rings. The van der Waals surface area contributed by atoms with Gasteiger partial charge in [-0.25, -0.2) is 18.2 Å². The zero-order valence-corrected chi connectivity index (χ0v) is 13.3. The number of nitrogens with two attached hydrogens (primary N) is 1. The Balaban J connectivity index is 1.64. The molecule has 1 aliphatic rings. The van der Waals surface area contributed by atoms with Gasteiger partial charge in [-0.3, -0.25) is 4.79 Å². The third kappa shape index (κ3) is 3.96. The van der Waals surface area contributed by atoms with E-state index in [4.69, 9.17) is 5.14 Å². The van der Waals surface area contributed by atoms with Gasteiger partial charge in [-0.15, -0.1) is 0 Å². The molecule has 0 radical (unpaired) electrons. The van der Waals surface area contributed by atoms with Gasteiger partial charge >= 0.3 is 0 Å². The van der Waals surface area contributed by atoms with Gasteiger partial charge in [0, 0.05) is 37.8 Å². The number of sulfonamides is 1. The van der Waals surface area contributed by atoms with Crippen molar-refractivity contribution in [1.82, 2.24) is 14.7 Å². The lowest BCUT2D eigenvalue weighted by atomic mass is 10.1. The van der Waals surface area contributed by atoms with Crippen LogP contribution in [0.3, 0.4) is 0 Å². The fourth-order valence-electron chi connectivity index (χ4n) is 2.84. The highest BCUT2D eigenvalue weighted by molar-refractivity contribution is 7.89. The summed E-state index contributed by atoms with van der Waals surface area (Å²) in [7, 11) is -3.55. The number of aromatic nitrogens is 2. The molecular weight excluding hydrogens is 316 g/mol. The van der Waals surface area contributed by atoms with E-state index in [1.807, 2.05) is 36.5 Å². The molecule has 0 saturated carbocycles. The lowest BCUT2D eigenvalue weighted by Gasteiger charge is -2.17. The van der Waals surface area contributed by atoms with E-state index in [-0.39, 0.29) is 24.0 Å². The number of carbonyl (C=O) groups excluding carboxylic acids is 1. The van der Waals surface area contributed by atoms with Gasteiger partial charge in [0.1, 0.15) is 0 Å². The normalized spacial score (nSPS) is 18.6. The second kappa shape index (κ2) is 6.13. The molecule has 7 nitrogen and oxygen atoms in total. The Kier molecular flexibility index (Phi) is 4.18. The van der Waals surface area contributed by atoms with Crippen molar-refractivity contribution in [2.75, 3.05) is 12.3 Å². The van der Waals surface area contributed by atoms with Crippen molar-refractivity contribution in [3.8, 4) is 5.69 Å². The molecule has 0 spiro atoms. The van der Waals surface area contributed by atoms with Crippen LogP contribution in [-0.4, -0.2) is 41.3 Å². The zero-order valence-electron chi connectivity index (χ0n) is 12.5. The largest absolute Gasteiger partial charge is 0.338 e. The van der Waals surface area contributed by atoms with Gasteiger partial charge in [0.25, 0.3) is 0 Å². The molecule has 1 saturated heterocycles. The van der Waals surface area contributed by atoms with E-state index in [2.05, 4.69) is 5.10 Å². The predicted octanol–water partition coefficient (Wildman–Crippen LogP) is 0.509. The summed E-state index contributed by atoms with van der Waals surface area (Å²) in [6.45, 7) is 0.898. The minimum absolute atomic E-state index is 0.0326. The van der Waals surface area contributed by atoms with E-state index in [1.165, 1.54) is 0 Å². The number of carbonyl (C=O) groups is 1. The van der Waals surface area contributed by atoms with Gasteiger partial charge in [-0.2, -0.15) is 5.10 Å². The monoisotopic (exact) mass is 334 g/mol. The van der Waals surface area contributed by atoms with E-state index in [9.17, 15) is 13.2 Å². The lowest BCUT2D eigenvalue weighted by molar-refractivity contribution is -0.128. The van der Waals surface area contributed by atoms with Crippen LogP contribution >= 0.6 is 0 Å². The Morgan fingerprint density at radius 3 is 2.61 bits per heavy atom. The van der Waals surface area contributed by atoms with E-state index < -0.39 is 10.0 Å². The SMILES string of the molecule is NS(=O)(=O)CC1CC(=O)N(Cc2ccc(-n3cccn3)cc2)C1. The fraction of sp³-hybridized carbons (Fsp3) is 0.333. The first-order valence-electron chi connectivity index (χ1n) is 7.28. The minimum atomic E-state index is -3.55. The summed E-state index contributed by atoms with van der Waals surface area (Å²) in [5.74, 6) is -0.399. The maximum absolute atomic E-state index is 12.0. The molecule has 122 valence electrons. The summed E-state index contributed by atoms with van der Waals surface area (Å²) >= 11 is 0. The minimum Gasteiger partial charge on any atom is -0.338 e. The van der Waals surface area contributed by atoms with Crippen LogP contribution in [0.1, 0.15) is 12.0 Å². The summed E-state index contributed by atoms with van der Waals surface area (Å²) in [6.07, 6.45) is 3.81. The van der Waals surface area contributed by atoms with Crippen LogP contribution in [0.5, 0.6) is 0 Å². The molecule has 2 N–H and O–H groups in total. The highest BCUT2D eigenvalue weighted by atomic mass is 32.2. The number of nitrogens with zero attached hydrogens (tertiary/aromatic N) is 3. The third-order valence-corrected chi connectivity index (χ3v) is 4.78. The van der Waals surface area contributed by atoms with Crippen molar-refractivity contribution >= 4 is 15.9 Å². The molecular formula is C15H18N4O3S. The molecule has 0 bridgehead atoms. The number of hydrogen-bond donors (Lipinski definition) is 1. The number of benzene rings is 1. The molecule has 1 aromatic carbocycles. The van der Waals surface area contributed by atoms with Crippen molar-refractivity contribution in [2.24, 2.45) is 11.1 Å². The highest BCUT2D eigenvalue weighted by Crippen LogP contribution is 2.21. The van der Waals surface area contributed by atoms with Crippen LogP contribution in [0.2, 0.25) is 0 Å². The molecule has 1 fully saturated rings. The van der Waals surface area contributed by atoms with Crippen LogP contribution in [0, 0.1) is 5.92 Å². The summed E-state index contributed by atoms with van der Waals surface area (Å²) < 4.78 is 24.1. The van der Waals surface area contributed by atoms with Crippen molar-refractivity contribution < 1.29 is 13.2 Å². The van der Waals surface area contributed by atoms with Crippen LogP contribution in [0.4, 0.5) is 0 Å². The van der Waals surface area contributed by atoms with Gasteiger partial charge in [-0.05, 0) is 23.8 Å². The molecule has 3 rings (SSSR count). The summed E-state index contributed by atoms with van der Waals surface area (Å²) in [4.78, 5) is 13.7. The zero-order chi connectivity index (χ0) is 16.4. The van der Waals surface area contributed by atoms with E-state index >= 15 is 0 Å². The van der Waals surface area contributed by atoms with Crippen molar-refractivity contribution in [1.29, 1.82) is 0 Å². The number of primary sulfonamides is 1. The maximum Gasteiger partial charge on any atom is 0.223 e. The topological polar surface area (TPSA) is 98.3 Å². The smallest absolute Gasteiger partial charge is 0.223 e. The molecule has 1 unspecified atom stereocenters. The number of hydrogen-bond acceptors (Lipinski definition) is 4. The molecule has 0 aliphatic carbocycles. The number of likely N-dealkylation sites (tertiary alicyclic amines) is 1. The Hall–Kier alpha value is -2.19. The van der Waals surface area contributed by atoms with Crippen LogP contribution in [-0.2, 0) is 21.4 Å². The van der Waals surface area contributed by atoms with Gasteiger partial charge in [0.15, 0.2) is 0 Å². The molecule has 1 atom stereocenters. The predicted molar refractivity (Wildman–Crippen MR) is 85.1 cm³/mol. The Bertz CT molecular complexity index is 785. The summed E-state index contributed by atoms with van der Waals surface area (Å²) in [5, 5.41) is 9.21. The molecule has 1 aliphatic heterocycles. The lowest BCUT2D eigenvalue weighted by Crippen LogP contribution is -2.27. The van der Waals surface area contributed by atoms with Gasteiger partial charge in [0.2, 0.25) is 15.9 Å². The molecule has 2 heterocycles. The molecule has 23 heavy (non-hydrogen) atoms. The standard InChI is InChI=1S/C15H18N4O3S/c16-23(21,22)11-13-8-15(20)18(10-13)9-12-2-4-14(5-3-12)19-7-1-6-17-19/h1-7,13H,8-11H2,(H2,16,21,22). The van der Waals surface area contributed by atoms with Crippen LogP contribution in [0.15, 0.2) is 42.7 Å². The quantitative estimate of drug-likeness (QED) is 0.861. The first-order valence-corrected chi connectivity index (χ1v) is 8.99. The Labute approximate surface area is 134 Å². The maximum atomic E-state index is 12.0. The number of amides is 1. The van der Waals surface area contributed by atoms with Gasteiger partial charge in [0.05, 0.1) is 11.4 Å². The highest BCUT2D eigenvalue weighted by Gasteiger charge is 2.31. The second-order valence-corrected chi connectivity index (χ2v) is 7.45. The molecule has 8 heteroatoms. The summed E-state index contributed by atoms with van der Waals surface area (Å²) in [5.41, 5.74) is 1.93. The van der Waals surface area contributed by atoms with Gasteiger partial charge < -0.3 is 4.90 Å². The molecule has 1 amide bonds. The first-order chi connectivity index (χ1) is 10.9. The van der Waals surface area contributed by atoms with Crippen molar-refractivity contribution in [3.63, 3.8) is 0 Å². The van der Waals surface area contributed by atoms with E-state index in [0.29, 0.717) is 13.1 Å². The van der Waals surface area contributed by atoms with Crippen molar-refractivity contribution in [3.05, 3.63) is 48.3 Å².